The van der Waals surface area contributed by atoms with Crippen LogP contribution in [0.15, 0.2) is 24.4 Å². The number of hydrogen-bond acceptors (Lipinski definition) is 3. The van der Waals surface area contributed by atoms with Crippen molar-refractivity contribution in [1.82, 2.24) is 9.88 Å². The molecule has 1 aliphatic heterocycles. The zero-order valence-electron chi connectivity index (χ0n) is 12.2. The lowest BCUT2D eigenvalue weighted by molar-refractivity contribution is -0.130. The van der Waals surface area contributed by atoms with Gasteiger partial charge in [-0.25, -0.2) is 8.42 Å². The van der Waals surface area contributed by atoms with Gasteiger partial charge in [-0.05, 0) is 24.1 Å². The van der Waals surface area contributed by atoms with Crippen molar-refractivity contribution in [2.45, 2.75) is 18.9 Å². The number of nitrogens with zero attached hydrogens (tertiary/aromatic N) is 1. The highest BCUT2D eigenvalue weighted by atomic mass is 35.5. The monoisotopic (exact) mass is 340 g/mol. The average molecular weight is 341 g/mol. The van der Waals surface area contributed by atoms with E-state index >= 15 is 0 Å². The maximum absolute atomic E-state index is 12.4. The molecule has 1 aliphatic rings. The molecule has 1 atom stereocenters. The molecule has 1 aromatic carbocycles. The van der Waals surface area contributed by atoms with Crippen LogP contribution in [-0.2, 0) is 21.1 Å². The van der Waals surface area contributed by atoms with Crippen molar-refractivity contribution in [1.29, 1.82) is 0 Å². The number of sulfone groups is 1. The van der Waals surface area contributed by atoms with Gasteiger partial charge in [0.25, 0.3) is 0 Å². The molecule has 2 aromatic rings. The van der Waals surface area contributed by atoms with Crippen LogP contribution in [-0.4, -0.2) is 48.8 Å². The quantitative estimate of drug-likeness (QED) is 0.929. The standard InChI is InChI=1S/C15H17ClN2O3S/c1-18(12-4-5-22(20,21)9-12)15(19)6-10-8-17-14-7-11(16)2-3-13(10)14/h2-3,7-8,12,17H,4-6,9H2,1H3. The summed E-state index contributed by atoms with van der Waals surface area (Å²) in [5.41, 5.74) is 1.78. The van der Waals surface area contributed by atoms with Crippen LogP contribution in [0.25, 0.3) is 10.9 Å². The predicted octanol–water partition coefficient (Wildman–Crippen LogP) is 2.01. The molecule has 0 bridgehead atoms. The van der Waals surface area contributed by atoms with Gasteiger partial charge in [-0.1, -0.05) is 17.7 Å². The van der Waals surface area contributed by atoms with E-state index in [1.54, 1.807) is 24.2 Å². The Morgan fingerprint density at radius 1 is 1.45 bits per heavy atom. The summed E-state index contributed by atoms with van der Waals surface area (Å²) in [7, 11) is -1.31. The molecule has 0 aliphatic carbocycles. The van der Waals surface area contributed by atoms with Crippen LogP contribution in [0, 0.1) is 0 Å². The van der Waals surface area contributed by atoms with Crippen LogP contribution in [0.2, 0.25) is 5.02 Å². The van der Waals surface area contributed by atoms with E-state index in [1.807, 2.05) is 12.1 Å². The van der Waals surface area contributed by atoms with Crippen molar-refractivity contribution >= 4 is 38.2 Å². The SMILES string of the molecule is CN(C(=O)Cc1c[nH]c2cc(Cl)ccc12)C1CCS(=O)(=O)C1. The third-order valence-electron chi connectivity index (χ3n) is 4.22. The highest BCUT2D eigenvalue weighted by molar-refractivity contribution is 7.91. The summed E-state index contributed by atoms with van der Waals surface area (Å²) in [6.45, 7) is 0. The summed E-state index contributed by atoms with van der Waals surface area (Å²) < 4.78 is 23.1. The molecule has 22 heavy (non-hydrogen) atoms. The van der Waals surface area contributed by atoms with Crippen molar-refractivity contribution in [2.24, 2.45) is 0 Å². The Morgan fingerprint density at radius 3 is 2.91 bits per heavy atom. The van der Waals surface area contributed by atoms with Gasteiger partial charge in [0.15, 0.2) is 9.84 Å². The van der Waals surface area contributed by atoms with Gasteiger partial charge >= 0.3 is 0 Å². The Labute approximate surface area is 134 Å². The summed E-state index contributed by atoms with van der Waals surface area (Å²) in [4.78, 5) is 17.1. The van der Waals surface area contributed by atoms with Crippen molar-refractivity contribution in [2.75, 3.05) is 18.6 Å². The third-order valence-corrected chi connectivity index (χ3v) is 6.21. The molecule has 1 N–H and O–H groups in total. The number of halogens is 1. The van der Waals surface area contributed by atoms with E-state index in [-0.39, 0.29) is 29.9 Å². The van der Waals surface area contributed by atoms with E-state index in [0.717, 1.165) is 16.5 Å². The molecule has 1 saturated heterocycles. The molecule has 2 heterocycles. The smallest absolute Gasteiger partial charge is 0.227 e. The van der Waals surface area contributed by atoms with Gasteiger partial charge < -0.3 is 9.88 Å². The maximum atomic E-state index is 12.4. The number of likely N-dealkylation sites (N-methyl/N-ethyl adjacent to an activating group) is 1. The number of H-pyrrole nitrogens is 1. The number of aromatic amines is 1. The molecular weight excluding hydrogens is 324 g/mol. The number of benzene rings is 1. The number of rotatable bonds is 3. The largest absolute Gasteiger partial charge is 0.361 e. The number of hydrogen-bond donors (Lipinski definition) is 1. The van der Waals surface area contributed by atoms with Crippen LogP contribution >= 0.6 is 11.6 Å². The molecule has 1 fully saturated rings. The summed E-state index contributed by atoms with van der Waals surface area (Å²) >= 11 is 5.94. The van der Waals surface area contributed by atoms with Gasteiger partial charge in [-0.3, -0.25) is 4.79 Å². The molecule has 3 rings (SSSR count). The fraction of sp³-hybridized carbons (Fsp3) is 0.400. The summed E-state index contributed by atoms with van der Waals surface area (Å²) in [5.74, 6) is 0.164. The van der Waals surface area contributed by atoms with Gasteiger partial charge in [-0.15, -0.1) is 0 Å². The lowest BCUT2D eigenvalue weighted by Gasteiger charge is -2.23. The van der Waals surface area contributed by atoms with E-state index in [0.29, 0.717) is 11.4 Å². The van der Waals surface area contributed by atoms with Crippen molar-refractivity contribution < 1.29 is 13.2 Å². The highest BCUT2D eigenvalue weighted by Crippen LogP contribution is 2.23. The van der Waals surface area contributed by atoms with Gasteiger partial charge in [0, 0.05) is 35.2 Å². The molecule has 0 spiro atoms. The first-order valence-electron chi connectivity index (χ1n) is 7.07. The lowest BCUT2D eigenvalue weighted by Crippen LogP contribution is -2.38. The van der Waals surface area contributed by atoms with Crippen LogP contribution in [0.1, 0.15) is 12.0 Å². The van der Waals surface area contributed by atoms with Crippen LogP contribution < -0.4 is 0 Å². The second kappa shape index (κ2) is 5.59. The third kappa shape index (κ3) is 2.98. The molecular formula is C15H17ClN2O3S. The predicted molar refractivity (Wildman–Crippen MR) is 86.8 cm³/mol. The minimum Gasteiger partial charge on any atom is -0.361 e. The van der Waals surface area contributed by atoms with E-state index < -0.39 is 9.84 Å². The Hall–Kier alpha value is -1.53. The molecule has 1 unspecified atom stereocenters. The molecule has 1 amide bonds. The van der Waals surface area contributed by atoms with Crippen LogP contribution in [0.4, 0.5) is 0 Å². The molecule has 1 aromatic heterocycles. The fourth-order valence-electron chi connectivity index (χ4n) is 2.88. The van der Waals surface area contributed by atoms with Crippen LogP contribution in [0.5, 0.6) is 0 Å². The van der Waals surface area contributed by atoms with E-state index in [1.165, 1.54) is 0 Å². The van der Waals surface area contributed by atoms with Crippen molar-refractivity contribution in [3.63, 3.8) is 0 Å². The van der Waals surface area contributed by atoms with E-state index in [9.17, 15) is 13.2 Å². The molecule has 5 nitrogen and oxygen atoms in total. The highest BCUT2D eigenvalue weighted by Gasteiger charge is 2.32. The summed E-state index contributed by atoms with van der Waals surface area (Å²) in [6.07, 6.45) is 2.57. The Kier molecular flexibility index (Phi) is 3.91. The minimum absolute atomic E-state index is 0.0682. The lowest BCUT2D eigenvalue weighted by atomic mass is 10.1. The van der Waals surface area contributed by atoms with Gasteiger partial charge in [0.1, 0.15) is 0 Å². The van der Waals surface area contributed by atoms with Gasteiger partial charge in [-0.2, -0.15) is 0 Å². The zero-order valence-corrected chi connectivity index (χ0v) is 13.7. The molecule has 118 valence electrons. The maximum Gasteiger partial charge on any atom is 0.227 e. The Balaban J connectivity index is 1.76. The summed E-state index contributed by atoms with van der Waals surface area (Å²) in [5, 5.41) is 1.60. The first kappa shape index (κ1) is 15.4. The molecule has 0 saturated carbocycles. The Morgan fingerprint density at radius 2 is 2.23 bits per heavy atom. The van der Waals surface area contributed by atoms with Gasteiger partial charge in [0.05, 0.1) is 17.9 Å². The number of carbonyl (C=O) groups excluding carboxylic acids is 1. The second-order valence-corrected chi connectivity index (χ2v) is 8.41. The number of nitrogens with one attached hydrogen (secondary N) is 1. The van der Waals surface area contributed by atoms with Gasteiger partial charge in [0.2, 0.25) is 5.91 Å². The number of aromatic nitrogens is 1. The second-order valence-electron chi connectivity index (χ2n) is 5.74. The number of carbonyl (C=O) groups is 1. The first-order chi connectivity index (χ1) is 10.4. The average Bonchev–Trinajstić information content (AvgIpc) is 3.01. The van der Waals surface area contributed by atoms with E-state index in [2.05, 4.69) is 4.98 Å². The Bertz CT molecular complexity index is 828. The molecule has 7 heteroatoms. The number of amides is 1. The van der Waals surface area contributed by atoms with Crippen molar-refractivity contribution in [3.8, 4) is 0 Å². The number of fused-ring (bicyclic) bond motifs is 1. The molecule has 0 radical (unpaired) electrons. The van der Waals surface area contributed by atoms with E-state index in [4.69, 9.17) is 11.6 Å². The fourth-order valence-corrected chi connectivity index (χ4v) is 4.82. The van der Waals surface area contributed by atoms with Crippen molar-refractivity contribution in [3.05, 3.63) is 35.0 Å². The summed E-state index contributed by atoms with van der Waals surface area (Å²) in [6, 6.07) is 5.28. The first-order valence-corrected chi connectivity index (χ1v) is 9.27. The van der Waals surface area contributed by atoms with Crippen LogP contribution in [0.3, 0.4) is 0 Å². The minimum atomic E-state index is -2.99. The zero-order chi connectivity index (χ0) is 15.9. The topological polar surface area (TPSA) is 70.2 Å². The normalized spacial score (nSPS) is 20.4.